The average molecular weight is 156 g/mol. The third-order valence-corrected chi connectivity index (χ3v) is 2.68. The molecule has 2 nitrogen and oxygen atoms in total. The Morgan fingerprint density at radius 3 is 1.55 bits per heavy atom. The van der Waals surface area contributed by atoms with E-state index in [1.54, 1.807) is 0 Å². The molecule has 0 radical (unpaired) electrons. The molecule has 2 aliphatic heterocycles. The molecule has 2 rings (SSSR count). The largest absolute Gasteiger partial charge is 0.333 e. The molecule has 2 fully saturated rings. The van der Waals surface area contributed by atoms with Crippen molar-refractivity contribution >= 4 is 0 Å². The predicted molar refractivity (Wildman–Crippen MR) is 48.5 cm³/mol. The van der Waals surface area contributed by atoms with Crippen molar-refractivity contribution in [2.24, 2.45) is 5.73 Å². The van der Waals surface area contributed by atoms with Crippen molar-refractivity contribution < 1.29 is 0 Å². The fraction of sp³-hybridized carbons (Fsp3) is 1.00. The van der Waals surface area contributed by atoms with Crippen LogP contribution in [-0.2, 0) is 0 Å². The maximum atomic E-state index is 4.50. The quantitative estimate of drug-likeness (QED) is 0.554. The summed E-state index contributed by atoms with van der Waals surface area (Å²) >= 11 is 0. The molecular formula is C9H20N2. The Balaban J connectivity index is 0.000000281. The molecule has 2 bridgehead atoms. The third-order valence-electron chi connectivity index (χ3n) is 2.68. The van der Waals surface area contributed by atoms with Crippen LogP contribution >= 0.6 is 0 Å². The van der Waals surface area contributed by atoms with Crippen LogP contribution in [0.3, 0.4) is 0 Å². The molecule has 0 amide bonds. The summed E-state index contributed by atoms with van der Waals surface area (Å²) in [5.41, 5.74) is 4.50. The van der Waals surface area contributed by atoms with Crippen LogP contribution in [0.1, 0.15) is 38.5 Å². The molecule has 2 heterocycles. The van der Waals surface area contributed by atoms with E-state index in [4.69, 9.17) is 0 Å². The van der Waals surface area contributed by atoms with E-state index < -0.39 is 0 Å². The fourth-order valence-corrected chi connectivity index (χ4v) is 2.18. The van der Waals surface area contributed by atoms with Gasteiger partial charge in [0.25, 0.3) is 0 Å². The minimum atomic E-state index is 0.900. The van der Waals surface area contributed by atoms with Gasteiger partial charge in [0.15, 0.2) is 0 Å². The summed E-state index contributed by atoms with van der Waals surface area (Å²) in [5.74, 6) is 0. The van der Waals surface area contributed by atoms with Crippen molar-refractivity contribution in [1.29, 1.82) is 0 Å². The second kappa shape index (κ2) is 4.73. The smallest absolute Gasteiger partial charge is 0.00696 e. The van der Waals surface area contributed by atoms with Crippen LogP contribution in [0.4, 0.5) is 0 Å². The van der Waals surface area contributed by atoms with Crippen molar-refractivity contribution in [2.75, 3.05) is 7.05 Å². The number of fused-ring (bicyclic) bond motifs is 2. The van der Waals surface area contributed by atoms with E-state index >= 15 is 0 Å². The zero-order valence-electron chi connectivity index (χ0n) is 7.47. The Kier molecular flexibility index (Phi) is 3.87. The van der Waals surface area contributed by atoms with Gasteiger partial charge in [-0.15, -0.1) is 0 Å². The number of nitrogens with one attached hydrogen (secondary N) is 1. The third kappa shape index (κ3) is 2.46. The fourth-order valence-electron chi connectivity index (χ4n) is 2.18. The van der Waals surface area contributed by atoms with Gasteiger partial charge in [0, 0.05) is 12.1 Å². The van der Waals surface area contributed by atoms with Crippen LogP contribution < -0.4 is 11.1 Å². The highest BCUT2D eigenvalue weighted by Crippen LogP contribution is 2.24. The van der Waals surface area contributed by atoms with Gasteiger partial charge in [0.2, 0.25) is 0 Å². The van der Waals surface area contributed by atoms with Gasteiger partial charge in [-0.3, -0.25) is 0 Å². The highest BCUT2D eigenvalue weighted by atomic mass is 15.0. The van der Waals surface area contributed by atoms with Gasteiger partial charge in [-0.05, 0) is 32.7 Å². The van der Waals surface area contributed by atoms with Gasteiger partial charge in [-0.25, -0.2) is 0 Å². The first-order chi connectivity index (χ1) is 5.45. The Labute approximate surface area is 69.5 Å². The van der Waals surface area contributed by atoms with E-state index in [0.29, 0.717) is 0 Å². The maximum Gasteiger partial charge on any atom is 0.00696 e. The molecule has 0 aromatic rings. The minimum absolute atomic E-state index is 0.900. The molecule has 0 atom stereocenters. The van der Waals surface area contributed by atoms with Gasteiger partial charge in [-0.1, -0.05) is 12.8 Å². The zero-order chi connectivity index (χ0) is 8.10. The van der Waals surface area contributed by atoms with Crippen molar-refractivity contribution in [1.82, 2.24) is 5.32 Å². The molecule has 2 aliphatic rings. The molecule has 2 saturated heterocycles. The molecule has 0 spiro atoms. The van der Waals surface area contributed by atoms with Crippen molar-refractivity contribution in [2.45, 2.75) is 50.6 Å². The second-order valence-corrected chi connectivity index (χ2v) is 3.42. The van der Waals surface area contributed by atoms with Crippen LogP contribution in [0.15, 0.2) is 0 Å². The van der Waals surface area contributed by atoms with Gasteiger partial charge in [0.05, 0.1) is 0 Å². The SMILES string of the molecule is C1CC2CCCC(C1)N2.CN. The second-order valence-electron chi connectivity index (χ2n) is 3.42. The van der Waals surface area contributed by atoms with Crippen LogP contribution in [0, 0.1) is 0 Å². The Hall–Kier alpha value is -0.0800. The molecule has 0 aliphatic carbocycles. The molecule has 3 N–H and O–H groups in total. The van der Waals surface area contributed by atoms with Crippen molar-refractivity contribution in [3.05, 3.63) is 0 Å². The first kappa shape index (κ1) is 9.01. The Morgan fingerprint density at radius 1 is 0.909 bits per heavy atom. The first-order valence-electron chi connectivity index (χ1n) is 4.79. The summed E-state index contributed by atoms with van der Waals surface area (Å²) < 4.78 is 0. The summed E-state index contributed by atoms with van der Waals surface area (Å²) in [6.45, 7) is 0. The minimum Gasteiger partial charge on any atom is -0.333 e. The van der Waals surface area contributed by atoms with E-state index in [1.807, 2.05) is 0 Å². The van der Waals surface area contributed by atoms with Gasteiger partial charge in [-0.2, -0.15) is 0 Å². The summed E-state index contributed by atoms with van der Waals surface area (Å²) in [6, 6.07) is 1.80. The molecular weight excluding hydrogens is 136 g/mol. The lowest BCUT2D eigenvalue weighted by atomic mass is 9.87. The summed E-state index contributed by atoms with van der Waals surface area (Å²) in [7, 11) is 1.50. The summed E-state index contributed by atoms with van der Waals surface area (Å²) in [6.07, 6.45) is 8.71. The normalized spacial score (nSPS) is 35.5. The molecule has 0 unspecified atom stereocenters. The van der Waals surface area contributed by atoms with Crippen molar-refractivity contribution in [3.8, 4) is 0 Å². The lowest BCUT2D eigenvalue weighted by Gasteiger charge is -2.35. The first-order valence-corrected chi connectivity index (χ1v) is 4.79. The van der Waals surface area contributed by atoms with E-state index in [0.717, 1.165) is 12.1 Å². The average Bonchev–Trinajstić information content (AvgIpc) is 2.08. The van der Waals surface area contributed by atoms with Gasteiger partial charge < -0.3 is 11.1 Å². The molecule has 66 valence electrons. The van der Waals surface area contributed by atoms with Gasteiger partial charge in [0.1, 0.15) is 0 Å². The molecule has 0 aromatic carbocycles. The number of piperidine rings is 2. The van der Waals surface area contributed by atoms with E-state index in [1.165, 1.54) is 45.6 Å². The highest BCUT2D eigenvalue weighted by Gasteiger charge is 2.24. The predicted octanol–water partition coefficient (Wildman–Crippen LogP) is 1.26. The zero-order valence-corrected chi connectivity index (χ0v) is 7.47. The number of hydrogen-bond acceptors (Lipinski definition) is 2. The van der Waals surface area contributed by atoms with Crippen LogP contribution in [-0.4, -0.2) is 19.1 Å². The highest BCUT2D eigenvalue weighted by molar-refractivity contribution is 4.84. The standard InChI is InChI=1S/C8H15N.CH5N/c1-3-7-5-2-6-8(4-1)9-7;1-2/h7-9H,1-6H2;2H2,1H3. The van der Waals surface area contributed by atoms with Gasteiger partial charge >= 0.3 is 0 Å². The van der Waals surface area contributed by atoms with E-state index in [9.17, 15) is 0 Å². The number of rotatable bonds is 0. The Morgan fingerprint density at radius 2 is 1.27 bits per heavy atom. The molecule has 0 saturated carbocycles. The van der Waals surface area contributed by atoms with Crippen molar-refractivity contribution in [3.63, 3.8) is 0 Å². The summed E-state index contributed by atoms with van der Waals surface area (Å²) in [5, 5.41) is 3.65. The van der Waals surface area contributed by atoms with Crippen LogP contribution in [0.2, 0.25) is 0 Å². The monoisotopic (exact) mass is 156 g/mol. The van der Waals surface area contributed by atoms with Crippen LogP contribution in [0.25, 0.3) is 0 Å². The molecule has 0 aromatic heterocycles. The summed E-state index contributed by atoms with van der Waals surface area (Å²) in [4.78, 5) is 0. The maximum absolute atomic E-state index is 4.50. The lowest BCUT2D eigenvalue weighted by molar-refractivity contribution is 0.243. The van der Waals surface area contributed by atoms with E-state index in [-0.39, 0.29) is 0 Å². The van der Waals surface area contributed by atoms with Crippen LogP contribution in [0.5, 0.6) is 0 Å². The number of hydrogen-bond donors (Lipinski definition) is 2. The molecule has 11 heavy (non-hydrogen) atoms. The van der Waals surface area contributed by atoms with E-state index in [2.05, 4.69) is 11.1 Å². The Bertz CT molecular complexity index is 83.7. The topological polar surface area (TPSA) is 38.0 Å². The lowest BCUT2D eigenvalue weighted by Crippen LogP contribution is -2.45. The molecule has 2 heteroatoms. The number of nitrogens with two attached hydrogens (primary N) is 1.